The molecule has 0 unspecified atom stereocenters. The zero-order chi connectivity index (χ0) is 13.3. The molecule has 0 aliphatic heterocycles. The largest absolute Gasteiger partial charge is 0.294 e. The monoisotopic (exact) mass is 255 g/mol. The number of nitrogens with one attached hydrogen (secondary N) is 1. The predicted octanol–water partition coefficient (Wildman–Crippen LogP) is 2.43. The Labute approximate surface area is 102 Å². The van der Waals surface area contributed by atoms with Gasteiger partial charge in [-0.3, -0.25) is 9.52 Å². The van der Waals surface area contributed by atoms with Gasteiger partial charge in [-0.1, -0.05) is 12.1 Å². The van der Waals surface area contributed by atoms with E-state index >= 15 is 0 Å². The zero-order valence-corrected chi connectivity index (χ0v) is 11.3. The van der Waals surface area contributed by atoms with Crippen LogP contribution in [-0.2, 0) is 10.0 Å². The molecule has 0 saturated carbocycles. The highest BCUT2D eigenvalue weighted by Crippen LogP contribution is 2.22. The number of rotatable bonds is 3. The molecule has 1 aromatic rings. The lowest BCUT2D eigenvalue weighted by atomic mass is 10.1. The van der Waals surface area contributed by atoms with Gasteiger partial charge in [0.1, 0.15) is 0 Å². The van der Waals surface area contributed by atoms with E-state index in [4.69, 9.17) is 0 Å². The van der Waals surface area contributed by atoms with Crippen LogP contribution >= 0.6 is 0 Å². The van der Waals surface area contributed by atoms with Crippen LogP contribution < -0.4 is 4.72 Å². The van der Waals surface area contributed by atoms with Crippen LogP contribution in [0.4, 0.5) is 5.69 Å². The maximum absolute atomic E-state index is 12.0. The van der Waals surface area contributed by atoms with Crippen molar-refractivity contribution in [3.63, 3.8) is 0 Å². The lowest BCUT2D eigenvalue weighted by Gasteiger charge is -2.21. The van der Waals surface area contributed by atoms with E-state index in [1.54, 1.807) is 45.0 Å². The van der Waals surface area contributed by atoms with Crippen LogP contribution in [0.5, 0.6) is 0 Å². The van der Waals surface area contributed by atoms with Gasteiger partial charge in [-0.15, -0.1) is 0 Å². The molecule has 0 fully saturated rings. The van der Waals surface area contributed by atoms with Crippen molar-refractivity contribution in [1.82, 2.24) is 0 Å². The average Bonchev–Trinajstić information content (AvgIpc) is 2.15. The number of carbonyl (C=O) groups is 1. The second-order valence-electron chi connectivity index (χ2n) is 4.82. The SMILES string of the molecule is CC(=O)c1ccccc1NS(=O)(=O)C(C)(C)C. The highest BCUT2D eigenvalue weighted by Gasteiger charge is 2.29. The Morgan fingerprint density at radius 3 is 2.18 bits per heavy atom. The van der Waals surface area contributed by atoms with E-state index in [1.807, 2.05) is 0 Å². The van der Waals surface area contributed by atoms with Gasteiger partial charge in [-0.2, -0.15) is 0 Å². The number of benzene rings is 1. The fourth-order valence-corrected chi connectivity index (χ4v) is 1.95. The number of anilines is 1. The molecule has 0 bridgehead atoms. The Balaban J connectivity index is 3.18. The summed E-state index contributed by atoms with van der Waals surface area (Å²) in [6.07, 6.45) is 0. The van der Waals surface area contributed by atoms with Gasteiger partial charge < -0.3 is 0 Å². The van der Waals surface area contributed by atoms with Crippen molar-refractivity contribution < 1.29 is 13.2 Å². The minimum absolute atomic E-state index is 0.169. The first-order valence-corrected chi connectivity index (χ1v) is 6.76. The molecule has 0 saturated heterocycles. The lowest BCUT2D eigenvalue weighted by Crippen LogP contribution is -2.34. The van der Waals surface area contributed by atoms with Gasteiger partial charge in [-0.25, -0.2) is 8.42 Å². The number of carbonyl (C=O) groups excluding carboxylic acids is 1. The molecule has 1 N–H and O–H groups in total. The Morgan fingerprint density at radius 2 is 1.71 bits per heavy atom. The van der Waals surface area contributed by atoms with Crippen LogP contribution in [0.25, 0.3) is 0 Å². The number of hydrogen-bond donors (Lipinski definition) is 1. The third kappa shape index (κ3) is 3.06. The maximum Gasteiger partial charge on any atom is 0.237 e. The number of hydrogen-bond acceptors (Lipinski definition) is 3. The average molecular weight is 255 g/mol. The summed E-state index contributed by atoms with van der Waals surface area (Å²) in [4.78, 5) is 11.4. The molecular weight excluding hydrogens is 238 g/mol. The van der Waals surface area contributed by atoms with Crippen molar-refractivity contribution in [2.45, 2.75) is 32.4 Å². The molecule has 0 spiro atoms. The highest BCUT2D eigenvalue weighted by atomic mass is 32.2. The summed E-state index contributed by atoms with van der Waals surface area (Å²) in [7, 11) is -3.51. The van der Waals surface area contributed by atoms with Crippen LogP contribution in [-0.4, -0.2) is 18.9 Å². The normalized spacial score (nSPS) is 12.2. The van der Waals surface area contributed by atoms with Gasteiger partial charge in [0, 0.05) is 5.56 Å². The molecule has 0 atom stereocenters. The molecule has 0 radical (unpaired) electrons. The van der Waals surface area contributed by atoms with Gasteiger partial charge in [-0.05, 0) is 39.8 Å². The molecule has 0 heterocycles. The number of ketones is 1. The highest BCUT2D eigenvalue weighted by molar-refractivity contribution is 7.94. The molecule has 0 aliphatic carbocycles. The van der Waals surface area contributed by atoms with Crippen molar-refractivity contribution in [1.29, 1.82) is 0 Å². The zero-order valence-electron chi connectivity index (χ0n) is 10.4. The molecular formula is C12H17NO3S. The summed E-state index contributed by atoms with van der Waals surface area (Å²) in [5, 5.41) is 0. The van der Waals surface area contributed by atoms with Crippen molar-refractivity contribution in [2.24, 2.45) is 0 Å². The fraction of sp³-hybridized carbons (Fsp3) is 0.417. The van der Waals surface area contributed by atoms with Crippen molar-refractivity contribution in [2.75, 3.05) is 4.72 Å². The molecule has 94 valence electrons. The molecule has 17 heavy (non-hydrogen) atoms. The first-order valence-electron chi connectivity index (χ1n) is 5.27. The summed E-state index contributed by atoms with van der Waals surface area (Å²) < 4.78 is 25.5. The van der Waals surface area contributed by atoms with Gasteiger partial charge in [0.05, 0.1) is 10.4 Å². The van der Waals surface area contributed by atoms with Gasteiger partial charge in [0.15, 0.2) is 5.78 Å². The van der Waals surface area contributed by atoms with Gasteiger partial charge in [0.2, 0.25) is 10.0 Å². The third-order valence-electron chi connectivity index (χ3n) is 2.36. The number of Topliss-reactive ketones (excluding diaryl/α,β-unsaturated/α-hetero) is 1. The Hall–Kier alpha value is -1.36. The van der Waals surface area contributed by atoms with E-state index in [9.17, 15) is 13.2 Å². The first kappa shape index (κ1) is 13.7. The van der Waals surface area contributed by atoms with Crippen LogP contribution in [0.2, 0.25) is 0 Å². The van der Waals surface area contributed by atoms with E-state index < -0.39 is 14.8 Å². The van der Waals surface area contributed by atoms with Crippen molar-refractivity contribution in [3.8, 4) is 0 Å². The molecule has 1 aromatic carbocycles. The standard InChI is InChI=1S/C12H17NO3S/c1-9(14)10-7-5-6-8-11(10)13-17(15,16)12(2,3)4/h5-8,13H,1-4H3. The Bertz CT molecular complexity index is 527. The Morgan fingerprint density at radius 1 is 1.18 bits per heavy atom. The molecule has 4 nitrogen and oxygen atoms in total. The minimum Gasteiger partial charge on any atom is -0.294 e. The van der Waals surface area contributed by atoms with E-state index in [-0.39, 0.29) is 5.78 Å². The van der Waals surface area contributed by atoms with Crippen LogP contribution in [0.1, 0.15) is 38.1 Å². The molecule has 5 heteroatoms. The van der Waals surface area contributed by atoms with Gasteiger partial charge >= 0.3 is 0 Å². The van der Waals surface area contributed by atoms with Crippen LogP contribution in [0, 0.1) is 0 Å². The van der Waals surface area contributed by atoms with Crippen molar-refractivity contribution in [3.05, 3.63) is 29.8 Å². The summed E-state index contributed by atoms with van der Waals surface area (Å²) in [5.41, 5.74) is 0.704. The number of para-hydroxylation sites is 1. The van der Waals surface area contributed by atoms with E-state index in [2.05, 4.69) is 4.72 Å². The first-order chi connectivity index (χ1) is 7.65. The minimum atomic E-state index is -3.51. The topological polar surface area (TPSA) is 63.2 Å². The quantitative estimate of drug-likeness (QED) is 0.844. The molecule has 1 rings (SSSR count). The van der Waals surface area contributed by atoms with Gasteiger partial charge in [0.25, 0.3) is 0 Å². The van der Waals surface area contributed by atoms with Crippen LogP contribution in [0.3, 0.4) is 0 Å². The number of sulfonamides is 1. The molecule has 0 aliphatic rings. The summed E-state index contributed by atoms with van der Waals surface area (Å²) in [5.74, 6) is -0.169. The van der Waals surface area contributed by atoms with Crippen LogP contribution in [0.15, 0.2) is 24.3 Å². The molecule has 0 amide bonds. The third-order valence-corrected chi connectivity index (χ3v) is 4.46. The summed E-state index contributed by atoms with van der Waals surface area (Å²) in [6.45, 7) is 6.22. The lowest BCUT2D eigenvalue weighted by molar-refractivity contribution is 0.101. The van der Waals surface area contributed by atoms with E-state index in [0.717, 1.165) is 0 Å². The molecule has 0 aromatic heterocycles. The smallest absolute Gasteiger partial charge is 0.237 e. The summed E-state index contributed by atoms with van der Waals surface area (Å²) in [6, 6.07) is 6.57. The van der Waals surface area contributed by atoms with Crippen molar-refractivity contribution >= 4 is 21.5 Å². The predicted molar refractivity (Wildman–Crippen MR) is 68.7 cm³/mol. The Kier molecular flexibility index (Phi) is 3.62. The second kappa shape index (κ2) is 4.49. The van der Waals surface area contributed by atoms with E-state index in [1.165, 1.54) is 6.92 Å². The second-order valence-corrected chi connectivity index (χ2v) is 7.26. The summed E-state index contributed by atoms with van der Waals surface area (Å²) >= 11 is 0. The maximum atomic E-state index is 12.0. The van der Waals surface area contributed by atoms with E-state index in [0.29, 0.717) is 11.3 Å². The fourth-order valence-electron chi connectivity index (χ4n) is 1.18.